The predicted molar refractivity (Wildman–Crippen MR) is 57.8 cm³/mol. The molecule has 17 heavy (non-hydrogen) atoms. The number of hydrogen-bond acceptors (Lipinski definition) is 2. The van der Waals surface area contributed by atoms with Crippen LogP contribution in [0.1, 0.15) is 24.0 Å². The van der Waals surface area contributed by atoms with Gasteiger partial charge in [-0.2, -0.15) is 13.2 Å². The van der Waals surface area contributed by atoms with E-state index in [9.17, 15) is 18.3 Å². The normalized spacial score (nSPS) is 20.8. The number of benzene rings is 1. The van der Waals surface area contributed by atoms with Gasteiger partial charge in [0.2, 0.25) is 0 Å². The van der Waals surface area contributed by atoms with Crippen molar-refractivity contribution in [2.45, 2.75) is 31.5 Å². The van der Waals surface area contributed by atoms with Crippen LogP contribution in [0.25, 0.3) is 0 Å². The van der Waals surface area contributed by atoms with Crippen LogP contribution >= 0.6 is 0 Å². The van der Waals surface area contributed by atoms with E-state index in [0.29, 0.717) is 0 Å². The van der Waals surface area contributed by atoms with Gasteiger partial charge in [-0.05, 0) is 37.9 Å². The number of phenols is 1. The van der Waals surface area contributed by atoms with Crippen molar-refractivity contribution in [3.63, 3.8) is 0 Å². The van der Waals surface area contributed by atoms with Crippen LogP contribution in [0.5, 0.6) is 5.75 Å². The molecule has 0 aromatic heterocycles. The Labute approximate surface area is 97.5 Å². The molecule has 1 fully saturated rings. The van der Waals surface area contributed by atoms with E-state index in [4.69, 9.17) is 0 Å². The second-order valence-corrected chi connectivity index (χ2v) is 4.30. The highest BCUT2D eigenvalue weighted by Gasteiger charge is 2.35. The topological polar surface area (TPSA) is 32.3 Å². The molecule has 1 aromatic rings. The van der Waals surface area contributed by atoms with E-state index in [1.54, 1.807) is 0 Å². The summed E-state index contributed by atoms with van der Waals surface area (Å²) < 4.78 is 38.3. The Hall–Kier alpha value is -1.23. The first-order valence-electron chi connectivity index (χ1n) is 5.60. The molecule has 2 rings (SSSR count). The second kappa shape index (κ2) is 4.56. The molecule has 0 spiro atoms. The molecule has 1 heterocycles. The third kappa shape index (κ3) is 2.72. The largest absolute Gasteiger partial charge is 0.508 e. The maximum absolute atomic E-state index is 12.8. The molecule has 1 saturated heterocycles. The molecular formula is C12H14F3NO. The maximum atomic E-state index is 12.8. The number of aromatic hydroxyl groups is 1. The van der Waals surface area contributed by atoms with Gasteiger partial charge in [-0.3, -0.25) is 0 Å². The first kappa shape index (κ1) is 12.2. The highest BCUT2D eigenvalue weighted by Crippen LogP contribution is 2.36. The lowest BCUT2D eigenvalue weighted by atomic mass is 9.98. The zero-order valence-corrected chi connectivity index (χ0v) is 9.22. The average molecular weight is 245 g/mol. The van der Waals surface area contributed by atoms with Gasteiger partial charge >= 0.3 is 6.18 Å². The first-order valence-corrected chi connectivity index (χ1v) is 5.60. The molecular weight excluding hydrogens is 231 g/mol. The van der Waals surface area contributed by atoms with E-state index >= 15 is 0 Å². The van der Waals surface area contributed by atoms with Crippen molar-refractivity contribution in [2.24, 2.45) is 0 Å². The Balaban J connectivity index is 2.30. The summed E-state index contributed by atoms with van der Waals surface area (Å²) in [7, 11) is 0. The fraction of sp³-hybridized carbons (Fsp3) is 0.500. The van der Waals surface area contributed by atoms with Gasteiger partial charge in [0.1, 0.15) is 5.75 Å². The minimum atomic E-state index is -4.41. The van der Waals surface area contributed by atoms with Crippen LogP contribution < -0.4 is 5.32 Å². The number of nitrogens with one attached hydrogen (secondary N) is 1. The van der Waals surface area contributed by atoms with Crippen LogP contribution in [0, 0.1) is 0 Å². The van der Waals surface area contributed by atoms with Crippen molar-refractivity contribution < 1.29 is 18.3 Å². The number of alkyl halides is 3. The third-order valence-corrected chi connectivity index (χ3v) is 3.07. The van der Waals surface area contributed by atoms with Gasteiger partial charge in [-0.15, -0.1) is 0 Å². The summed E-state index contributed by atoms with van der Waals surface area (Å²) >= 11 is 0. The quantitative estimate of drug-likeness (QED) is 0.839. The lowest BCUT2D eigenvalue weighted by molar-refractivity contribution is -0.138. The zero-order valence-electron chi connectivity index (χ0n) is 9.22. The van der Waals surface area contributed by atoms with Crippen molar-refractivity contribution in [3.8, 4) is 5.75 Å². The maximum Gasteiger partial charge on any atom is 0.416 e. The van der Waals surface area contributed by atoms with Gasteiger partial charge in [0, 0.05) is 11.6 Å². The first-order chi connectivity index (χ1) is 7.98. The molecule has 1 aromatic carbocycles. The van der Waals surface area contributed by atoms with Gasteiger partial charge in [-0.1, -0.05) is 6.07 Å². The van der Waals surface area contributed by atoms with Crippen molar-refractivity contribution in [1.82, 2.24) is 5.32 Å². The smallest absolute Gasteiger partial charge is 0.416 e. The third-order valence-electron chi connectivity index (χ3n) is 3.07. The van der Waals surface area contributed by atoms with Crippen molar-refractivity contribution in [1.29, 1.82) is 0 Å². The van der Waals surface area contributed by atoms with Gasteiger partial charge in [0.05, 0.1) is 5.56 Å². The fourth-order valence-electron chi connectivity index (χ4n) is 2.23. The second-order valence-electron chi connectivity index (χ2n) is 4.30. The molecule has 0 radical (unpaired) electrons. The minimum Gasteiger partial charge on any atom is -0.508 e. The molecule has 0 bridgehead atoms. The minimum absolute atomic E-state index is 0.000556. The average Bonchev–Trinajstić information content (AvgIpc) is 2.72. The van der Waals surface area contributed by atoms with Crippen LogP contribution in [0.15, 0.2) is 18.2 Å². The molecule has 0 amide bonds. The Bertz CT molecular complexity index is 397. The summed E-state index contributed by atoms with van der Waals surface area (Å²) in [5, 5.41) is 12.7. The summed E-state index contributed by atoms with van der Waals surface area (Å²) in [4.78, 5) is 0. The van der Waals surface area contributed by atoms with Gasteiger partial charge in [0.25, 0.3) is 0 Å². The molecule has 0 aliphatic carbocycles. The Morgan fingerprint density at radius 1 is 1.35 bits per heavy atom. The van der Waals surface area contributed by atoms with Crippen molar-refractivity contribution >= 4 is 0 Å². The lowest BCUT2D eigenvalue weighted by Crippen LogP contribution is -2.25. The van der Waals surface area contributed by atoms with Crippen LogP contribution in [0.4, 0.5) is 13.2 Å². The Morgan fingerprint density at radius 2 is 2.12 bits per heavy atom. The van der Waals surface area contributed by atoms with Crippen molar-refractivity contribution in [3.05, 3.63) is 29.3 Å². The number of rotatable bonds is 2. The molecule has 2 nitrogen and oxygen atoms in total. The van der Waals surface area contributed by atoms with E-state index in [1.807, 2.05) is 0 Å². The summed E-state index contributed by atoms with van der Waals surface area (Å²) in [6.07, 6.45) is -2.36. The predicted octanol–water partition coefficient (Wildman–Crippen LogP) is 2.71. The van der Waals surface area contributed by atoms with E-state index in [0.717, 1.165) is 25.5 Å². The highest BCUT2D eigenvalue weighted by atomic mass is 19.4. The van der Waals surface area contributed by atoms with Crippen LogP contribution in [0.3, 0.4) is 0 Å². The van der Waals surface area contributed by atoms with E-state index in [1.165, 1.54) is 12.1 Å². The number of halogens is 3. The SMILES string of the molecule is Oc1cccc(C(F)(F)F)c1CC1CCCN1. The highest BCUT2D eigenvalue weighted by molar-refractivity contribution is 5.41. The molecule has 1 unspecified atom stereocenters. The van der Waals surface area contributed by atoms with Crippen molar-refractivity contribution in [2.75, 3.05) is 6.54 Å². The van der Waals surface area contributed by atoms with Crippen LogP contribution in [0.2, 0.25) is 0 Å². The Kier molecular flexibility index (Phi) is 3.28. The molecule has 0 saturated carbocycles. The summed E-state index contributed by atoms with van der Waals surface area (Å²) in [5.41, 5.74) is -0.731. The van der Waals surface area contributed by atoms with E-state index in [2.05, 4.69) is 5.32 Å². The molecule has 1 aliphatic rings. The Morgan fingerprint density at radius 3 is 2.71 bits per heavy atom. The fourth-order valence-corrected chi connectivity index (χ4v) is 2.23. The molecule has 1 aliphatic heterocycles. The van der Waals surface area contributed by atoms with Gasteiger partial charge in [0.15, 0.2) is 0 Å². The van der Waals surface area contributed by atoms with Gasteiger partial charge in [-0.25, -0.2) is 0 Å². The summed E-state index contributed by atoms with van der Waals surface area (Å²) in [6.45, 7) is 0.833. The van der Waals surface area contributed by atoms with Gasteiger partial charge < -0.3 is 10.4 Å². The molecule has 5 heteroatoms. The zero-order chi connectivity index (χ0) is 12.5. The standard InChI is InChI=1S/C12H14F3NO/c13-12(14,15)10-4-1-5-11(17)9(10)7-8-3-2-6-16-8/h1,4-5,8,16-17H,2-3,6-7H2. The van der Waals surface area contributed by atoms with E-state index < -0.39 is 11.7 Å². The molecule has 94 valence electrons. The molecule has 1 atom stereocenters. The molecule has 2 N–H and O–H groups in total. The number of hydrogen-bond donors (Lipinski definition) is 2. The van der Waals surface area contributed by atoms with Crippen LogP contribution in [-0.4, -0.2) is 17.7 Å². The summed E-state index contributed by atoms with van der Waals surface area (Å²) in [5.74, 6) is -0.270. The van der Waals surface area contributed by atoms with Crippen LogP contribution in [-0.2, 0) is 12.6 Å². The number of phenolic OH excluding ortho intramolecular Hbond substituents is 1. The monoisotopic (exact) mass is 245 g/mol. The lowest BCUT2D eigenvalue weighted by Gasteiger charge is -2.17. The van der Waals surface area contributed by atoms with E-state index in [-0.39, 0.29) is 23.8 Å². The summed E-state index contributed by atoms with van der Waals surface area (Å²) in [6, 6.07) is 3.58.